The van der Waals surface area contributed by atoms with Gasteiger partial charge in [-0.3, -0.25) is 0 Å². The number of benzene rings is 8. The summed E-state index contributed by atoms with van der Waals surface area (Å²) in [6.07, 6.45) is 5.92. The number of fused-ring (bicyclic) bond motifs is 13. The minimum absolute atomic E-state index is 0.00207. The van der Waals surface area contributed by atoms with Gasteiger partial charge in [-0.25, -0.2) is 0 Å². The first-order valence-electron chi connectivity index (χ1n) is 30.0. The van der Waals surface area contributed by atoms with Crippen molar-refractivity contribution in [1.29, 1.82) is 0 Å². The molecule has 9 aromatic rings. The average molecular weight is 1050 g/mol. The molecule has 2 atom stereocenters. The molecule has 3 aliphatic carbocycles. The van der Waals surface area contributed by atoms with Crippen molar-refractivity contribution >= 4 is 90.5 Å². The Labute approximate surface area is 476 Å². The lowest BCUT2D eigenvalue weighted by molar-refractivity contribution is 0.195. The predicted octanol–water partition coefficient (Wildman–Crippen LogP) is 18.2. The second-order valence-electron chi connectivity index (χ2n) is 29.4. The predicted molar refractivity (Wildman–Crippen MR) is 340 cm³/mol. The van der Waals surface area contributed by atoms with E-state index in [0.717, 1.165) is 40.5 Å². The molecule has 1 fully saturated rings. The van der Waals surface area contributed by atoms with Crippen molar-refractivity contribution < 1.29 is 4.42 Å². The van der Waals surface area contributed by atoms with Crippen LogP contribution in [0, 0.1) is 13.8 Å². The first-order chi connectivity index (χ1) is 37.8. The minimum Gasteiger partial charge on any atom is -0.456 e. The lowest BCUT2D eigenvalue weighted by atomic mass is 9.33. The molecule has 4 nitrogen and oxygen atoms in total. The van der Waals surface area contributed by atoms with Gasteiger partial charge in [-0.2, -0.15) is 0 Å². The summed E-state index contributed by atoms with van der Waals surface area (Å²) in [6, 6.07) is 55.4. The molecule has 80 heavy (non-hydrogen) atoms. The molecular formula is C75H78BN3O. The van der Waals surface area contributed by atoms with E-state index >= 15 is 0 Å². The van der Waals surface area contributed by atoms with Gasteiger partial charge in [0.15, 0.2) is 0 Å². The molecular weight excluding hydrogens is 970 g/mol. The molecule has 1 aromatic heterocycles. The number of anilines is 8. The Balaban J connectivity index is 1.03. The Morgan fingerprint density at radius 1 is 0.463 bits per heavy atom. The van der Waals surface area contributed by atoms with E-state index in [1.54, 1.807) is 0 Å². The monoisotopic (exact) mass is 1050 g/mol. The molecule has 2 unspecified atom stereocenters. The molecule has 3 aliphatic heterocycles. The van der Waals surface area contributed by atoms with Crippen molar-refractivity contribution in [2.45, 2.75) is 174 Å². The largest absolute Gasteiger partial charge is 0.456 e. The molecule has 8 aromatic carbocycles. The van der Waals surface area contributed by atoms with Gasteiger partial charge in [0, 0.05) is 78.6 Å². The van der Waals surface area contributed by atoms with Crippen LogP contribution in [0.5, 0.6) is 0 Å². The zero-order chi connectivity index (χ0) is 55.7. The molecule has 4 heterocycles. The van der Waals surface area contributed by atoms with E-state index in [1.807, 2.05) is 0 Å². The minimum atomic E-state index is -0.226. The van der Waals surface area contributed by atoms with Crippen LogP contribution in [0.4, 0.5) is 45.5 Å². The molecule has 402 valence electrons. The van der Waals surface area contributed by atoms with Gasteiger partial charge in [0.05, 0.1) is 5.54 Å². The molecule has 0 N–H and O–H groups in total. The van der Waals surface area contributed by atoms with Gasteiger partial charge < -0.3 is 19.1 Å². The third kappa shape index (κ3) is 6.47. The molecule has 5 heteroatoms. The van der Waals surface area contributed by atoms with Crippen LogP contribution in [0.1, 0.15) is 178 Å². The maximum absolute atomic E-state index is 6.73. The Hall–Kier alpha value is -6.98. The highest BCUT2D eigenvalue weighted by Gasteiger charge is 2.58. The smallest absolute Gasteiger partial charge is 0.252 e. The molecule has 15 rings (SSSR count). The number of rotatable bonds is 3. The van der Waals surface area contributed by atoms with E-state index in [-0.39, 0.29) is 44.7 Å². The summed E-state index contributed by atoms with van der Waals surface area (Å²) in [5.41, 5.74) is 29.6. The van der Waals surface area contributed by atoms with Crippen molar-refractivity contribution in [3.05, 3.63) is 195 Å². The third-order valence-corrected chi connectivity index (χ3v) is 21.7. The van der Waals surface area contributed by atoms with Gasteiger partial charge in [0.1, 0.15) is 11.2 Å². The van der Waals surface area contributed by atoms with Gasteiger partial charge in [-0.15, -0.1) is 0 Å². The number of furan rings is 1. The average Bonchev–Trinajstić information content (AvgIpc) is 4.13. The highest BCUT2D eigenvalue weighted by Crippen LogP contribution is 2.62. The fraction of sp³-hybridized carbons (Fsp3) is 0.360. The Bertz CT molecular complexity index is 4200. The Kier molecular flexibility index (Phi) is 9.96. The zero-order valence-corrected chi connectivity index (χ0v) is 50.1. The Morgan fingerprint density at radius 2 is 1.07 bits per heavy atom. The van der Waals surface area contributed by atoms with E-state index < -0.39 is 0 Å². The maximum atomic E-state index is 6.73. The van der Waals surface area contributed by atoms with Gasteiger partial charge in [0.25, 0.3) is 6.71 Å². The topological polar surface area (TPSA) is 22.9 Å². The van der Waals surface area contributed by atoms with Crippen LogP contribution >= 0.6 is 0 Å². The van der Waals surface area contributed by atoms with Gasteiger partial charge in [-0.1, -0.05) is 169 Å². The van der Waals surface area contributed by atoms with Crippen LogP contribution < -0.4 is 31.1 Å². The second-order valence-corrected chi connectivity index (χ2v) is 29.4. The van der Waals surface area contributed by atoms with Crippen LogP contribution in [0.2, 0.25) is 0 Å². The summed E-state index contributed by atoms with van der Waals surface area (Å²) in [5.74, 6) is 0. The fourth-order valence-electron chi connectivity index (χ4n) is 17.5. The molecule has 0 amide bonds. The van der Waals surface area contributed by atoms with Crippen molar-refractivity contribution in [2.75, 3.05) is 14.7 Å². The highest BCUT2D eigenvalue weighted by atomic mass is 16.3. The van der Waals surface area contributed by atoms with Gasteiger partial charge in [0.2, 0.25) is 0 Å². The molecule has 0 spiro atoms. The molecule has 0 saturated heterocycles. The number of hydrogen-bond donors (Lipinski definition) is 0. The van der Waals surface area contributed by atoms with Crippen LogP contribution in [-0.4, -0.2) is 12.3 Å². The van der Waals surface area contributed by atoms with Crippen LogP contribution in [0.3, 0.4) is 0 Å². The lowest BCUT2D eigenvalue weighted by Gasteiger charge is -2.51. The first-order valence-corrected chi connectivity index (χ1v) is 30.0. The summed E-state index contributed by atoms with van der Waals surface area (Å²) in [5, 5.41) is 2.30. The van der Waals surface area contributed by atoms with Gasteiger partial charge >= 0.3 is 0 Å². The summed E-state index contributed by atoms with van der Waals surface area (Å²) < 4.78 is 6.73. The van der Waals surface area contributed by atoms with E-state index in [9.17, 15) is 0 Å². The number of nitrogens with zero attached hydrogens (tertiary/aromatic N) is 3. The molecule has 1 saturated carbocycles. The molecule has 0 bridgehead atoms. The quantitative estimate of drug-likeness (QED) is 0.165. The first kappa shape index (κ1) is 50.0. The maximum Gasteiger partial charge on any atom is 0.252 e. The van der Waals surface area contributed by atoms with Crippen molar-refractivity contribution in [3.63, 3.8) is 0 Å². The van der Waals surface area contributed by atoms with Crippen molar-refractivity contribution in [1.82, 2.24) is 0 Å². The van der Waals surface area contributed by atoms with Crippen molar-refractivity contribution in [3.8, 4) is 0 Å². The highest BCUT2D eigenvalue weighted by molar-refractivity contribution is 7.00. The summed E-state index contributed by atoms with van der Waals surface area (Å²) >= 11 is 0. The second kappa shape index (κ2) is 15.9. The summed E-state index contributed by atoms with van der Waals surface area (Å²) in [7, 11) is 0. The van der Waals surface area contributed by atoms with E-state index in [0.29, 0.717) is 0 Å². The summed E-state index contributed by atoms with van der Waals surface area (Å²) in [4.78, 5) is 8.16. The van der Waals surface area contributed by atoms with E-state index in [1.165, 1.54) is 131 Å². The summed E-state index contributed by atoms with van der Waals surface area (Å²) in [6.45, 7) is 36.7. The van der Waals surface area contributed by atoms with Crippen molar-refractivity contribution in [2.24, 2.45) is 0 Å². The number of hydrogen-bond acceptors (Lipinski definition) is 4. The van der Waals surface area contributed by atoms with E-state index in [2.05, 4.69) is 258 Å². The number of aryl methyl sites for hydroxylation is 2. The van der Waals surface area contributed by atoms with Crippen LogP contribution in [0.15, 0.2) is 144 Å². The molecule has 6 aliphatic rings. The standard InChI is InChI=1S/C75H78BN3O/c1-44-34-64-68-65(35-44)78(61-42-56-55(36-45(61)2)72(10,11)51-23-17-18-24-52(51)73(56,12)13)62-38-48(79-60-31-26-46(69(3,4)5)37-57(60)74(14)32-20-21-33-75(74,79)15)28-30-58(62)76(68)59-40-53-54(71(8,9)43-70(53,6)7)41-63(59)77(64)47-27-29-50-49-22-16-19-25-66(49)80-67(50)39-47/h16-19,22-31,34-42H,20-21,32-33,43H2,1-15H3. The SMILES string of the molecule is Cc1cc2c3c(c1)N(c1cc4c(cc1C)C(C)(C)c1ccccc1C4(C)C)c1cc(N4c5ccc(C(C)(C)C)cc5C5(C)CCCCC45C)ccc1B3c1cc3c(cc1N2c1ccc2c(c1)oc1ccccc12)C(C)(C)CC3(C)C. The third-order valence-electron chi connectivity index (χ3n) is 21.7. The number of para-hydroxylation sites is 1. The fourth-order valence-corrected chi connectivity index (χ4v) is 17.5. The van der Waals surface area contributed by atoms with Crippen LogP contribution in [-0.2, 0) is 32.5 Å². The van der Waals surface area contributed by atoms with Gasteiger partial charge in [-0.05, 0) is 189 Å². The normalized spacial score (nSPS) is 22.1. The van der Waals surface area contributed by atoms with E-state index in [4.69, 9.17) is 4.42 Å². The Morgan fingerprint density at radius 3 is 1.80 bits per heavy atom. The van der Waals surface area contributed by atoms with Crippen LogP contribution in [0.25, 0.3) is 21.9 Å². The zero-order valence-electron chi connectivity index (χ0n) is 50.1. The molecule has 0 radical (unpaired) electrons. The lowest BCUT2D eigenvalue weighted by Crippen LogP contribution is -2.61.